The first-order chi connectivity index (χ1) is 22.3. The van der Waals surface area contributed by atoms with Crippen LogP contribution in [0.1, 0.15) is 45.0 Å². The van der Waals surface area contributed by atoms with Crippen molar-refractivity contribution in [3.8, 4) is 34.2 Å². The second-order valence-electron chi connectivity index (χ2n) is 10.8. The molecule has 0 N–H and O–H groups in total. The molecule has 5 unspecified atom stereocenters. The third kappa shape index (κ3) is 8.03. The summed E-state index contributed by atoms with van der Waals surface area (Å²) >= 11 is 5.98. The summed E-state index contributed by atoms with van der Waals surface area (Å²) in [6.45, 7) is 6.13. The molecule has 4 rings (SSSR count). The number of benzene rings is 2. The Hall–Kier alpha value is -5.06. The lowest BCUT2D eigenvalue weighted by molar-refractivity contribution is -0.268. The molecule has 2 heterocycles. The van der Waals surface area contributed by atoms with Crippen molar-refractivity contribution in [2.24, 2.45) is 0 Å². The van der Waals surface area contributed by atoms with Gasteiger partial charge in [-0.3, -0.25) is 19.2 Å². The summed E-state index contributed by atoms with van der Waals surface area (Å²) in [6, 6.07) is 18.5. The highest BCUT2D eigenvalue weighted by Crippen LogP contribution is 2.40. The van der Waals surface area contributed by atoms with E-state index in [-0.39, 0.29) is 10.2 Å². The first kappa shape index (κ1) is 34.8. The average molecular weight is 663 g/mol. The van der Waals surface area contributed by atoms with Crippen LogP contribution < -0.4 is 4.74 Å². The zero-order valence-electron chi connectivity index (χ0n) is 26.7. The quantitative estimate of drug-likeness (QED) is 0.172. The molecule has 1 saturated heterocycles. The third-order valence-electron chi connectivity index (χ3n) is 7.32. The van der Waals surface area contributed by atoms with Crippen LogP contribution in [0.25, 0.3) is 22.4 Å². The molecular weight excluding hydrogens is 628 g/mol. The maximum atomic E-state index is 12.5. The standard InChI is InChI=1S/C34H34N2O10S/c1-18-7-9-24(10-8-18)28-15-26(23-11-13-25(41-6)14-12-23)27(16-35)34(47)36(28)33-32(45-22(5)40)31(44-21(4)39)30(43-20(3)38)29(46-33)17-42-19(2)37/h7-15,29-33H,17H2,1-6H3. The zero-order chi connectivity index (χ0) is 34.4. The number of nitrogens with zero attached hydrogens (tertiary/aromatic N) is 2. The van der Waals surface area contributed by atoms with Gasteiger partial charge in [-0.1, -0.05) is 54.2 Å². The number of ether oxygens (including phenoxy) is 6. The molecule has 246 valence electrons. The number of hydrogen-bond donors (Lipinski definition) is 0. The Bertz CT molecular complexity index is 1760. The monoisotopic (exact) mass is 662 g/mol. The highest BCUT2D eigenvalue weighted by Gasteiger charge is 2.53. The molecule has 0 bridgehead atoms. The van der Waals surface area contributed by atoms with Crippen molar-refractivity contribution in [3.05, 3.63) is 70.4 Å². The van der Waals surface area contributed by atoms with Crippen LogP contribution in [0, 0.1) is 22.9 Å². The molecule has 3 aromatic rings. The van der Waals surface area contributed by atoms with Crippen LogP contribution in [-0.4, -0.2) is 66.6 Å². The van der Waals surface area contributed by atoms with Gasteiger partial charge in [-0.25, -0.2) is 0 Å². The number of hydrogen-bond acceptors (Lipinski definition) is 12. The molecule has 1 aliphatic rings. The van der Waals surface area contributed by atoms with Gasteiger partial charge in [0.05, 0.1) is 18.4 Å². The SMILES string of the molecule is COc1ccc(-c2cc(-c3ccc(C)cc3)n(C3OC(COC(C)=O)C(OC(C)=O)C(OC(C)=O)C3OC(C)=O)c(=S)c2C#N)cc1. The summed E-state index contributed by atoms with van der Waals surface area (Å²) in [5.74, 6) is -2.32. The van der Waals surface area contributed by atoms with Crippen LogP contribution in [0.3, 0.4) is 0 Å². The van der Waals surface area contributed by atoms with Crippen molar-refractivity contribution in [3.63, 3.8) is 0 Å². The van der Waals surface area contributed by atoms with Gasteiger partial charge in [0.2, 0.25) is 0 Å². The van der Waals surface area contributed by atoms with Crippen LogP contribution in [0.2, 0.25) is 0 Å². The Morgan fingerprint density at radius 1 is 0.830 bits per heavy atom. The summed E-state index contributed by atoms with van der Waals surface area (Å²) in [5, 5.41) is 10.4. The molecule has 2 aromatic carbocycles. The largest absolute Gasteiger partial charge is 0.497 e. The second kappa shape index (κ2) is 15.0. The molecule has 47 heavy (non-hydrogen) atoms. The molecule has 13 heteroatoms. The second-order valence-corrected chi connectivity index (χ2v) is 11.2. The Morgan fingerprint density at radius 3 is 1.91 bits per heavy atom. The molecule has 0 saturated carbocycles. The topological polar surface area (TPSA) is 152 Å². The number of aromatic nitrogens is 1. The molecule has 1 fully saturated rings. The molecule has 1 aromatic heterocycles. The minimum absolute atomic E-state index is 0.0114. The Labute approximate surface area is 276 Å². The minimum atomic E-state index is -1.44. The van der Waals surface area contributed by atoms with E-state index in [4.69, 9.17) is 40.6 Å². The minimum Gasteiger partial charge on any atom is -0.497 e. The normalized spacial score (nSPS) is 20.3. The van der Waals surface area contributed by atoms with Gasteiger partial charge in [0, 0.05) is 33.3 Å². The number of aryl methyl sites for hydroxylation is 1. The van der Waals surface area contributed by atoms with Crippen LogP contribution >= 0.6 is 12.2 Å². The number of methoxy groups -OCH3 is 1. The van der Waals surface area contributed by atoms with Gasteiger partial charge < -0.3 is 33.0 Å². The van der Waals surface area contributed by atoms with Gasteiger partial charge >= 0.3 is 23.9 Å². The van der Waals surface area contributed by atoms with Crippen LogP contribution in [0.5, 0.6) is 5.75 Å². The van der Waals surface area contributed by atoms with E-state index < -0.39 is 61.1 Å². The van der Waals surface area contributed by atoms with Crippen molar-refractivity contribution >= 4 is 36.1 Å². The fourth-order valence-electron chi connectivity index (χ4n) is 5.34. The van der Waals surface area contributed by atoms with E-state index >= 15 is 0 Å². The summed E-state index contributed by atoms with van der Waals surface area (Å²) in [4.78, 5) is 49.0. The predicted molar refractivity (Wildman–Crippen MR) is 169 cm³/mol. The molecule has 5 atom stereocenters. The van der Waals surface area contributed by atoms with E-state index in [0.29, 0.717) is 28.1 Å². The van der Waals surface area contributed by atoms with Crippen LogP contribution in [-0.2, 0) is 42.9 Å². The highest BCUT2D eigenvalue weighted by atomic mass is 32.1. The van der Waals surface area contributed by atoms with Gasteiger partial charge in [-0.15, -0.1) is 0 Å². The van der Waals surface area contributed by atoms with Crippen LogP contribution in [0.4, 0.5) is 0 Å². The van der Waals surface area contributed by atoms with Crippen molar-refractivity contribution < 1.29 is 47.6 Å². The fourth-order valence-corrected chi connectivity index (χ4v) is 5.70. The van der Waals surface area contributed by atoms with Crippen molar-refractivity contribution in [2.75, 3.05) is 13.7 Å². The lowest BCUT2D eigenvalue weighted by Gasteiger charge is -2.45. The molecule has 0 radical (unpaired) electrons. The smallest absolute Gasteiger partial charge is 0.303 e. The third-order valence-corrected chi connectivity index (χ3v) is 7.72. The van der Waals surface area contributed by atoms with E-state index in [1.54, 1.807) is 37.4 Å². The van der Waals surface area contributed by atoms with Crippen molar-refractivity contribution in [1.29, 1.82) is 5.26 Å². The summed E-state index contributed by atoms with van der Waals surface area (Å²) in [6.07, 6.45) is -6.81. The lowest BCUT2D eigenvalue weighted by Crippen LogP contribution is -2.60. The molecule has 0 aliphatic carbocycles. The maximum Gasteiger partial charge on any atom is 0.303 e. The zero-order valence-corrected chi connectivity index (χ0v) is 27.5. The molecule has 0 amide bonds. The van der Waals surface area contributed by atoms with E-state index in [2.05, 4.69) is 6.07 Å². The van der Waals surface area contributed by atoms with Crippen molar-refractivity contribution in [1.82, 2.24) is 4.57 Å². The fraction of sp³-hybridized carbons (Fsp3) is 0.353. The average Bonchev–Trinajstić information content (AvgIpc) is 3.01. The molecular formula is C34H34N2O10S. The number of carbonyl (C=O) groups is 4. The Balaban J connectivity index is 2.05. The molecule has 0 spiro atoms. The van der Waals surface area contributed by atoms with E-state index in [1.165, 1.54) is 11.5 Å². The van der Waals surface area contributed by atoms with E-state index in [9.17, 15) is 24.4 Å². The first-order valence-electron chi connectivity index (χ1n) is 14.6. The molecule has 12 nitrogen and oxygen atoms in total. The number of rotatable bonds is 9. The van der Waals surface area contributed by atoms with Gasteiger partial charge in [0.25, 0.3) is 0 Å². The van der Waals surface area contributed by atoms with E-state index in [0.717, 1.165) is 26.3 Å². The Kier molecular flexibility index (Phi) is 11.1. The molecule has 1 aliphatic heterocycles. The van der Waals surface area contributed by atoms with E-state index in [1.807, 2.05) is 31.2 Å². The maximum absolute atomic E-state index is 12.5. The van der Waals surface area contributed by atoms with Gasteiger partial charge in [0.15, 0.2) is 24.5 Å². The summed E-state index contributed by atoms with van der Waals surface area (Å²) in [5.41, 5.74) is 3.40. The van der Waals surface area contributed by atoms with Gasteiger partial charge in [0.1, 0.15) is 29.2 Å². The Morgan fingerprint density at radius 2 is 1.38 bits per heavy atom. The highest BCUT2D eigenvalue weighted by molar-refractivity contribution is 7.71. The summed E-state index contributed by atoms with van der Waals surface area (Å²) in [7, 11) is 1.55. The number of pyridine rings is 1. The van der Waals surface area contributed by atoms with Crippen LogP contribution in [0.15, 0.2) is 54.6 Å². The predicted octanol–water partition coefficient (Wildman–Crippen LogP) is 5.00. The first-order valence-corrected chi connectivity index (χ1v) is 15.0. The number of carbonyl (C=O) groups excluding carboxylic acids is 4. The van der Waals surface area contributed by atoms with Gasteiger partial charge in [-0.05, 0) is 36.2 Å². The summed E-state index contributed by atoms with van der Waals surface area (Å²) < 4.78 is 35.4. The lowest BCUT2D eigenvalue weighted by atomic mass is 9.94. The van der Waals surface area contributed by atoms with Gasteiger partial charge in [-0.2, -0.15) is 5.26 Å². The number of esters is 4. The van der Waals surface area contributed by atoms with Crippen molar-refractivity contribution in [2.45, 2.75) is 65.3 Å². The number of nitriles is 1.